The minimum absolute atomic E-state index is 0.613. The molecule has 3 aromatic carbocycles. The van der Waals surface area contributed by atoms with E-state index in [2.05, 4.69) is 60.7 Å². The number of ether oxygens (including phenoxy) is 2. The molecule has 0 aliphatic rings. The molecule has 0 fully saturated rings. The summed E-state index contributed by atoms with van der Waals surface area (Å²) in [4.78, 5) is 0. The van der Waals surface area contributed by atoms with Crippen molar-refractivity contribution in [3.63, 3.8) is 0 Å². The van der Waals surface area contributed by atoms with Crippen LogP contribution in [0, 0.1) is 0 Å². The third kappa shape index (κ3) is 5.37. The van der Waals surface area contributed by atoms with E-state index in [-0.39, 0.29) is 0 Å². The van der Waals surface area contributed by atoms with E-state index in [9.17, 15) is 0 Å². The Morgan fingerprint density at radius 3 is 1.32 bits per heavy atom. The highest BCUT2D eigenvalue weighted by molar-refractivity contribution is 5.78. The molecular formula is C26H26O2. The van der Waals surface area contributed by atoms with Crippen LogP contribution in [0.3, 0.4) is 0 Å². The molecule has 28 heavy (non-hydrogen) atoms. The quantitative estimate of drug-likeness (QED) is 0.405. The predicted octanol–water partition coefficient (Wildman–Crippen LogP) is 6.82. The summed E-state index contributed by atoms with van der Waals surface area (Å²) >= 11 is 0. The van der Waals surface area contributed by atoms with Crippen LogP contribution in [0.2, 0.25) is 0 Å². The van der Waals surface area contributed by atoms with Gasteiger partial charge in [0, 0.05) is 11.1 Å². The largest absolute Gasteiger partial charge is 0.493 e. The second-order valence-electron chi connectivity index (χ2n) is 6.28. The molecule has 0 aromatic heterocycles. The van der Waals surface area contributed by atoms with Gasteiger partial charge in [-0.25, -0.2) is 0 Å². The second kappa shape index (κ2) is 10.2. The Kier molecular flexibility index (Phi) is 7.08. The van der Waals surface area contributed by atoms with Gasteiger partial charge in [0.1, 0.15) is 11.5 Å². The smallest absolute Gasteiger partial charge is 0.127 e. The molecule has 3 rings (SSSR count). The molecule has 0 spiro atoms. The molecule has 142 valence electrons. The fourth-order valence-corrected chi connectivity index (χ4v) is 2.91. The van der Waals surface area contributed by atoms with Gasteiger partial charge >= 0.3 is 0 Å². The van der Waals surface area contributed by atoms with Crippen LogP contribution < -0.4 is 9.47 Å². The van der Waals surface area contributed by atoms with Crippen molar-refractivity contribution in [1.82, 2.24) is 0 Å². The Labute approximate surface area is 167 Å². The van der Waals surface area contributed by atoms with Crippen LogP contribution in [0.25, 0.3) is 24.3 Å². The fraction of sp³-hybridized carbons (Fsp3) is 0.154. The van der Waals surface area contributed by atoms with Gasteiger partial charge in [-0.2, -0.15) is 0 Å². The average molecular weight is 370 g/mol. The van der Waals surface area contributed by atoms with Crippen molar-refractivity contribution in [2.24, 2.45) is 0 Å². The fourth-order valence-electron chi connectivity index (χ4n) is 2.91. The van der Waals surface area contributed by atoms with Crippen molar-refractivity contribution in [1.29, 1.82) is 0 Å². The van der Waals surface area contributed by atoms with Crippen molar-refractivity contribution in [2.45, 2.75) is 13.8 Å². The summed E-state index contributed by atoms with van der Waals surface area (Å²) in [5.41, 5.74) is 4.31. The molecule has 0 saturated carbocycles. The van der Waals surface area contributed by atoms with Gasteiger partial charge in [0.25, 0.3) is 0 Å². The minimum atomic E-state index is 0.613. The van der Waals surface area contributed by atoms with Crippen LogP contribution in [0.5, 0.6) is 11.5 Å². The van der Waals surface area contributed by atoms with E-state index in [1.807, 2.05) is 50.2 Å². The second-order valence-corrected chi connectivity index (χ2v) is 6.28. The zero-order valence-electron chi connectivity index (χ0n) is 16.5. The minimum Gasteiger partial charge on any atom is -0.493 e. The monoisotopic (exact) mass is 370 g/mol. The van der Waals surface area contributed by atoms with E-state index >= 15 is 0 Å². The first-order valence-corrected chi connectivity index (χ1v) is 9.70. The van der Waals surface area contributed by atoms with E-state index < -0.39 is 0 Å². The summed E-state index contributed by atoms with van der Waals surface area (Å²) in [5.74, 6) is 1.71. The normalized spacial score (nSPS) is 11.2. The zero-order valence-corrected chi connectivity index (χ0v) is 16.5. The lowest BCUT2D eigenvalue weighted by atomic mass is 10.1. The van der Waals surface area contributed by atoms with E-state index in [1.54, 1.807) is 0 Å². The van der Waals surface area contributed by atoms with Gasteiger partial charge in [-0.05, 0) is 37.1 Å². The molecule has 0 aliphatic heterocycles. The van der Waals surface area contributed by atoms with E-state index in [1.165, 1.54) is 0 Å². The maximum atomic E-state index is 5.91. The Morgan fingerprint density at radius 1 is 0.571 bits per heavy atom. The lowest BCUT2D eigenvalue weighted by Gasteiger charge is -2.14. The van der Waals surface area contributed by atoms with E-state index in [0.717, 1.165) is 33.8 Å². The molecule has 0 unspecified atom stereocenters. The number of hydrogen-bond acceptors (Lipinski definition) is 2. The summed E-state index contributed by atoms with van der Waals surface area (Å²) in [5, 5.41) is 0. The van der Waals surface area contributed by atoms with Gasteiger partial charge < -0.3 is 9.47 Å². The summed E-state index contributed by atoms with van der Waals surface area (Å²) in [6.45, 7) is 5.23. The number of rotatable bonds is 8. The first-order chi connectivity index (χ1) is 13.8. The lowest BCUT2D eigenvalue weighted by Crippen LogP contribution is -1.99. The summed E-state index contributed by atoms with van der Waals surface area (Å²) < 4.78 is 11.8. The van der Waals surface area contributed by atoms with Crippen LogP contribution in [0.4, 0.5) is 0 Å². The van der Waals surface area contributed by atoms with Gasteiger partial charge in [0.05, 0.1) is 13.2 Å². The number of hydrogen-bond donors (Lipinski definition) is 0. The van der Waals surface area contributed by atoms with Crippen molar-refractivity contribution in [2.75, 3.05) is 13.2 Å². The molecule has 0 heterocycles. The molecule has 0 aliphatic carbocycles. The van der Waals surface area contributed by atoms with Crippen LogP contribution in [0.15, 0.2) is 72.8 Å². The Balaban J connectivity index is 1.97. The first kappa shape index (κ1) is 19.5. The SMILES string of the molecule is CCOc1cc(/C=C/c2ccccc2)c(OCC)cc1/C=C/c1ccccc1. The average Bonchev–Trinajstić information content (AvgIpc) is 2.74. The van der Waals surface area contributed by atoms with Crippen LogP contribution in [-0.2, 0) is 0 Å². The van der Waals surface area contributed by atoms with Crippen LogP contribution >= 0.6 is 0 Å². The van der Waals surface area contributed by atoms with E-state index in [0.29, 0.717) is 13.2 Å². The summed E-state index contributed by atoms with van der Waals surface area (Å²) in [7, 11) is 0. The van der Waals surface area contributed by atoms with Gasteiger partial charge in [-0.1, -0.05) is 85.0 Å². The van der Waals surface area contributed by atoms with Gasteiger partial charge in [-0.3, -0.25) is 0 Å². The van der Waals surface area contributed by atoms with Crippen molar-refractivity contribution < 1.29 is 9.47 Å². The topological polar surface area (TPSA) is 18.5 Å². The highest BCUT2D eigenvalue weighted by Crippen LogP contribution is 2.32. The Morgan fingerprint density at radius 2 is 0.964 bits per heavy atom. The van der Waals surface area contributed by atoms with Gasteiger partial charge in [0.2, 0.25) is 0 Å². The van der Waals surface area contributed by atoms with Gasteiger partial charge in [-0.15, -0.1) is 0 Å². The molecule has 0 radical (unpaired) electrons. The predicted molar refractivity (Wildman–Crippen MR) is 120 cm³/mol. The van der Waals surface area contributed by atoms with E-state index in [4.69, 9.17) is 9.47 Å². The molecule has 0 bridgehead atoms. The third-order valence-corrected chi connectivity index (χ3v) is 4.25. The van der Waals surface area contributed by atoms with Crippen LogP contribution in [0.1, 0.15) is 36.1 Å². The Hall–Kier alpha value is -3.26. The molecule has 0 amide bonds. The number of benzene rings is 3. The molecule has 0 N–H and O–H groups in total. The summed E-state index contributed by atoms with van der Waals surface area (Å²) in [6.07, 6.45) is 8.33. The van der Waals surface area contributed by atoms with Crippen LogP contribution in [-0.4, -0.2) is 13.2 Å². The molecular weight excluding hydrogens is 344 g/mol. The van der Waals surface area contributed by atoms with Crippen molar-refractivity contribution in [3.8, 4) is 11.5 Å². The first-order valence-electron chi connectivity index (χ1n) is 9.70. The molecule has 2 nitrogen and oxygen atoms in total. The highest BCUT2D eigenvalue weighted by atomic mass is 16.5. The zero-order chi connectivity index (χ0) is 19.6. The standard InChI is InChI=1S/C26H26O2/c1-3-27-25-19-24(18-16-22-13-9-6-10-14-22)26(28-4-2)20-23(25)17-15-21-11-7-5-8-12-21/h5-20H,3-4H2,1-2H3/b17-15+,18-16+. The molecule has 2 heteroatoms. The molecule has 0 atom stereocenters. The maximum absolute atomic E-state index is 5.91. The molecule has 0 saturated heterocycles. The maximum Gasteiger partial charge on any atom is 0.127 e. The highest BCUT2D eigenvalue weighted by Gasteiger charge is 2.09. The Bertz CT molecular complexity index is 846. The lowest BCUT2D eigenvalue weighted by molar-refractivity contribution is 0.329. The van der Waals surface area contributed by atoms with Crippen molar-refractivity contribution >= 4 is 24.3 Å². The van der Waals surface area contributed by atoms with Gasteiger partial charge in [0.15, 0.2) is 0 Å². The summed E-state index contributed by atoms with van der Waals surface area (Å²) in [6, 6.07) is 24.6. The third-order valence-electron chi connectivity index (χ3n) is 4.25. The van der Waals surface area contributed by atoms with Crippen molar-refractivity contribution in [3.05, 3.63) is 95.1 Å². The molecule has 3 aromatic rings.